The number of aliphatic hydroxyl groups is 1. The van der Waals surface area contributed by atoms with Crippen molar-refractivity contribution in [3.63, 3.8) is 0 Å². The summed E-state index contributed by atoms with van der Waals surface area (Å²) in [5, 5.41) is 8.06. The summed E-state index contributed by atoms with van der Waals surface area (Å²) in [5.74, 6) is 0. The molecule has 6 heteroatoms. The summed E-state index contributed by atoms with van der Waals surface area (Å²) in [5.41, 5.74) is 0. The molecule has 1 atom stereocenters. The van der Waals surface area contributed by atoms with Crippen LogP contribution in [0.1, 0.15) is 13.8 Å². The molecule has 2 N–H and O–H groups in total. The first kappa shape index (κ1) is 16.5. The second-order valence-electron chi connectivity index (χ2n) is 1.31. The molecule has 0 amide bonds. The summed E-state index contributed by atoms with van der Waals surface area (Å²) in [7, 11) is 0. The van der Waals surface area contributed by atoms with Crippen LogP contribution < -0.4 is 29.6 Å². The van der Waals surface area contributed by atoms with Crippen LogP contribution in [0.4, 0.5) is 0 Å². The monoisotopic (exact) mass is 164 g/mol. The average Bonchev–Trinajstić information content (AvgIpc) is 1.25. The van der Waals surface area contributed by atoms with Crippen LogP contribution in [0.3, 0.4) is 0 Å². The second-order valence-corrected chi connectivity index (χ2v) is 1.75. The molecule has 0 radical (unpaired) electrons. The second kappa shape index (κ2) is 11.8. The predicted molar refractivity (Wildman–Crippen MR) is 28.9 cm³/mol. The molecule has 0 heterocycles. The Kier molecular flexibility index (Phi) is 21.7. The molecular weight excluding hydrogens is 155 g/mol. The number of hydrogen-bond acceptors (Lipinski definition) is 3. The third kappa shape index (κ3) is 421. The van der Waals surface area contributed by atoms with E-state index in [0.29, 0.717) is 0 Å². The zero-order chi connectivity index (χ0) is 7.15. The van der Waals surface area contributed by atoms with Gasteiger partial charge in [0.15, 0.2) is 0 Å². The number of rotatable bonds is 0. The Labute approximate surface area is 79.1 Å². The van der Waals surface area contributed by atoms with Gasteiger partial charge in [-0.25, -0.2) is 4.21 Å². The van der Waals surface area contributed by atoms with Crippen molar-refractivity contribution >= 4 is 11.4 Å². The van der Waals surface area contributed by atoms with Crippen molar-refractivity contribution in [2.45, 2.75) is 20.0 Å². The van der Waals surface area contributed by atoms with E-state index in [1.165, 1.54) is 0 Å². The van der Waals surface area contributed by atoms with Crippen molar-refractivity contribution in [1.82, 2.24) is 0 Å². The molecule has 0 saturated heterocycles. The van der Waals surface area contributed by atoms with E-state index in [9.17, 15) is 0 Å². The van der Waals surface area contributed by atoms with E-state index in [0.717, 1.165) is 0 Å². The molecule has 0 aromatic rings. The van der Waals surface area contributed by atoms with Crippen molar-refractivity contribution in [3.05, 3.63) is 0 Å². The SMILES string of the molecule is CC(C)O.O=S([O-])O.[Na+]. The van der Waals surface area contributed by atoms with Gasteiger partial charge in [-0.2, -0.15) is 0 Å². The first-order valence-corrected chi connectivity index (χ1v) is 2.96. The molecular formula is C3H9NaO4S. The van der Waals surface area contributed by atoms with E-state index in [-0.39, 0.29) is 35.7 Å². The van der Waals surface area contributed by atoms with Crippen molar-refractivity contribution in [2.24, 2.45) is 0 Å². The fraction of sp³-hybridized carbons (Fsp3) is 1.00. The zero-order valence-corrected chi connectivity index (χ0v) is 8.51. The molecule has 4 nitrogen and oxygen atoms in total. The van der Waals surface area contributed by atoms with Gasteiger partial charge in [0.25, 0.3) is 0 Å². The summed E-state index contributed by atoms with van der Waals surface area (Å²) in [6.07, 6.45) is -0.167. The van der Waals surface area contributed by atoms with E-state index in [1.807, 2.05) is 0 Å². The van der Waals surface area contributed by atoms with Crippen LogP contribution in [0.25, 0.3) is 0 Å². The van der Waals surface area contributed by atoms with Crippen LogP contribution in [0.2, 0.25) is 0 Å². The van der Waals surface area contributed by atoms with Gasteiger partial charge in [-0.1, -0.05) is 0 Å². The normalized spacial score (nSPS) is 10.9. The minimum Gasteiger partial charge on any atom is -0.750 e. The summed E-state index contributed by atoms with van der Waals surface area (Å²) in [6.45, 7) is 3.44. The maximum atomic E-state index is 8.56. The third-order valence-corrected chi connectivity index (χ3v) is 0. The molecule has 9 heavy (non-hydrogen) atoms. The van der Waals surface area contributed by atoms with E-state index in [4.69, 9.17) is 18.4 Å². The molecule has 0 bridgehead atoms. The Morgan fingerprint density at radius 2 is 1.56 bits per heavy atom. The standard InChI is InChI=1S/C3H8O.Na.H2O3S/c1-3(2)4;;1-4(2)3/h3-4H,1-2H3;;(H2,1,2,3)/q;+1;/p-1. The molecule has 0 aliphatic heterocycles. The van der Waals surface area contributed by atoms with Gasteiger partial charge in [0.1, 0.15) is 0 Å². The fourth-order valence-electron chi connectivity index (χ4n) is 0. The Bertz CT molecular complexity index is 60.1. The van der Waals surface area contributed by atoms with Crippen LogP contribution in [0.15, 0.2) is 0 Å². The van der Waals surface area contributed by atoms with Crippen LogP contribution in [0.5, 0.6) is 0 Å². The van der Waals surface area contributed by atoms with Crippen LogP contribution >= 0.6 is 0 Å². The third-order valence-electron chi connectivity index (χ3n) is 0. The largest absolute Gasteiger partial charge is 1.00 e. The smallest absolute Gasteiger partial charge is 0.750 e. The zero-order valence-electron chi connectivity index (χ0n) is 5.70. The Morgan fingerprint density at radius 3 is 1.56 bits per heavy atom. The van der Waals surface area contributed by atoms with Gasteiger partial charge in [-0.05, 0) is 13.8 Å². The molecule has 52 valence electrons. The van der Waals surface area contributed by atoms with Crippen LogP contribution in [-0.4, -0.2) is 24.5 Å². The summed E-state index contributed by atoms with van der Waals surface area (Å²) in [6, 6.07) is 0. The molecule has 0 aliphatic rings. The molecule has 1 unspecified atom stereocenters. The van der Waals surface area contributed by atoms with E-state index < -0.39 is 11.4 Å². The first-order chi connectivity index (χ1) is 3.46. The summed E-state index contributed by atoms with van der Waals surface area (Å²) < 4.78 is 24.1. The minimum atomic E-state index is -2.86. The van der Waals surface area contributed by atoms with Crippen LogP contribution in [0, 0.1) is 0 Å². The van der Waals surface area contributed by atoms with E-state index in [2.05, 4.69) is 0 Å². The number of aliphatic hydroxyl groups excluding tert-OH is 1. The maximum absolute atomic E-state index is 8.56. The van der Waals surface area contributed by atoms with Crippen molar-refractivity contribution in [1.29, 1.82) is 0 Å². The molecule has 0 rings (SSSR count). The van der Waals surface area contributed by atoms with Crippen LogP contribution in [-0.2, 0) is 11.4 Å². The Morgan fingerprint density at radius 1 is 1.56 bits per heavy atom. The molecule has 0 aliphatic carbocycles. The maximum Gasteiger partial charge on any atom is 1.00 e. The quantitative estimate of drug-likeness (QED) is 0.291. The van der Waals surface area contributed by atoms with Crippen molar-refractivity contribution in [2.75, 3.05) is 0 Å². The summed E-state index contributed by atoms with van der Waals surface area (Å²) >= 11 is -2.86. The van der Waals surface area contributed by atoms with Gasteiger partial charge in [0, 0.05) is 6.10 Å². The van der Waals surface area contributed by atoms with Gasteiger partial charge in [0.05, 0.1) is 11.4 Å². The topological polar surface area (TPSA) is 80.6 Å². The fourth-order valence-corrected chi connectivity index (χ4v) is 0. The van der Waals surface area contributed by atoms with E-state index >= 15 is 0 Å². The van der Waals surface area contributed by atoms with Gasteiger partial charge in [-0.3, -0.25) is 0 Å². The molecule has 0 aromatic heterocycles. The van der Waals surface area contributed by atoms with Gasteiger partial charge in [-0.15, -0.1) is 0 Å². The van der Waals surface area contributed by atoms with E-state index in [1.54, 1.807) is 13.8 Å². The molecule has 0 fully saturated rings. The average molecular weight is 164 g/mol. The molecule has 0 saturated carbocycles. The van der Waals surface area contributed by atoms with Gasteiger partial charge < -0.3 is 14.2 Å². The summed E-state index contributed by atoms with van der Waals surface area (Å²) in [4.78, 5) is 0. The Balaban J connectivity index is -0.0000000720. The molecule has 0 aromatic carbocycles. The van der Waals surface area contributed by atoms with Crippen molar-refractivity contribution < 1.29 is 48.0 Å². The van der Waals surface area contributed by atoms with Crippen molar-refractivity contribution in [3.8, 4) is 0 Å². The van der Waals surface area contributed by atoms with Gasteiger partial charge >= 0.3 is 29.6 Å². The number of hydrogen-bond donors (Lipinski definition) is 2. The first-order valence-electron chi connectivity index (χ1n) is 1.93. The molecule has 0 spiro atoms. The Hall–Kier alpha value is 1.03. The predicted octanol–water partition coefficient (Wildman–Crippen LogP) is -3.27. The minimum absolute atomic E-state index is 0. The van der Waals surface area contributed by atoms with Gasteiger partial charge in [0.2, 0.25) is 0 Å².